The molecule has 0 amide bonds. The van der Waals surface area contributed by atoms with Crippen molar-refractivity contribution in [1.29, 1.82) is 0 Å². The molecule has 114 valence electrons. The van der Waals surface area contributed by atoms with E-state index in [0.717, 1.165) is 13.0 Å². The molecule has 3 nitrogen and oxygen atoms in total. The summed E-state index contributed by atoms with van der Waals surface area (Å²) in [7, 11) is 0. The van der Waals surface area contributed by atoms with E-state index in [4.69, 9.17) is 4.74 Å². The van der Waals surface area contributed by atoms with E-state index in [9.17, 15) is 5.11 Å². The van der Waals surface area contributed by atoms with Crippen molar-refractivity contribution >= 4 is 11.8 Å². The van der Waals surface area contributed by atoms with Gasteiger partial charge in [0, 0.05) is 17.8 Å². The number of thioether (sulfide) groups is 1. The van der Waals surface area contributed by atoms with Crippen molar-refractivity contribution in [3.05, 3.63) is 0 Å². The lowest BCUT2D eigenvalue weighted by atomic mass is 10.1. The smallest absolute Gasteiger partial charge is 0.0897 e. The molecular weight excluding hydrogens is 258 g/mol. The minimum absolute atomic E-state index is 0.234. The summed E-state index contributed by atoms with van der Waals surface area (Å²) in [5.74, 6) is 1.92. The van der Waals surface area contributed by atoms with E-state index in [0.29, 0.717) is 23.8 Å². The maximum absolute atomic E-state index is 9.90. The molecule has 3 unspecified atom stereocenters. The molecule has 0 aromatic heterocycles. The van der Waals surface area contributed by atoms with Crippen LogP contribution in [-0.4, -0.2) is 47.5 Å². The van der Waals surface area contributed by atoms with Crippen molar-refractivity contribution in [2.75, 3.05) is 25.4 Å². The van der Waals surface area contributed by atoms with Gasteiger partial charge in [0.25, 0.3) is 0 Å². The zero-order valence-corrected chi connectivity index (χ0v) is 13.8. The van der Waals surface area contributed by atoms with E-state index < -0.39 is 6.10 Å². The van der Waals surface area contributed by atoms with Gasteiger partial charge in [-0.05, 0) is 44.8 Å². The van der Waals surface area contributed by atoms with Crippen molar-refractivity contribution in [1.82, 2.24) is 5.32 Å². The maximum Gasteiger partial charge on any atom is 0.0897 e. The summed E-state index contributed by atoms with van der Waals surface area (Å²) in [5, 5.41) is 13.3. The van der Waals surface area contributed by atoms with Crippen LogP contribution in [0.2, 0.25) is 0 Å². The summed E-state index contributed by atoms with van der Waals surface area (Å²) >= 11 is 2.05. The van der Waals surface area contributed by atoms with Crippen LogP contribution in [-0.2, 0) is 4.74 Å². The summed E-state index contributed by atoms with van der Waals surface area (Å²) in [6, 6.07) is 0. The lowest BCUT2D eigenvalue weighted by Crippen LogP contribution is -2.39. The van der Waals surface area contributed by atoms with E-state index in [1.165, 1.54) is 18.6 Å². The van der Waals surface area contributed by atoms with Gasteiger partial charge in [-0.1, -0.05) is 13.8 Å². The van der Waals surface area contributed by atoms with Gasteiger partial charge in [0.05, 0.1) is 18.8 Å². The van der Waals surface area contributed by atoms with Crippen molar-refractivity contribution < 1.29 is 9.84 Å². The summed E-state index contributed by atoms with van der Waals surface area (Å²) in [5.41, 5.74) is 0. The molecule has 0 aromatic rings. The monoisotopic (exact) mass is 289 g/mol. The highest BCUT2D eigenvalue weighted by molar-refractivity contribution is 8.00. The normalized spacial score (nSPS) is 26.8. The van der Waals surface area contributed by atoms with Gasteiger partial charge >= 0.3 is 0 Å². The van der Waals surface area contributed by atoms with Gasteiger partial charge in [-0.15, -0.1) is 0 Å². The van der Waals surface area contributed by atoms with E-state index in [1.54, 1.807) is 0 Å². The molecule has 2 N–H and O–H groups in total. The number of hydrogen-bond acceptors (Lipinski definition) is 4. The fourth-order valence-corrected chi connectivity index (χ4v) is 3.82. The van der Waals surface area contributed by atoms with Gasteiger partial charge < -0.3 is 15.2 Å². The lowest BCUT2D eigenvalue weighted by Gasteiger charge is -2.24. The predicted molar refractivity (Wildman–Crippen MR) is 83.8 cm³/mol. The largest absolute Gasteiger partial charge is 0.389 e. The highest BCUT2D eigenvalue weighted by Gasteiger charge is 2.28. The van der Waals surface area contributed by atoms with Crippen LogP contribution in [0.3, 0.4) is 0 Å². The quantitative estimate of drug-likeness (QED) is 0.685. The second-order valence-electron chi connectivity index (χ2n) is 6.46. The Morgan fingerprint density at radius 3 is 2.68 bits per heavy atom. The van der Waals surface area contributed by atoms with Gasteiger partial charge in [0.2, 0.25) is 0 Å². The molecule has 1 rings (SSSR count). The Morgan fingerprint density at radius 2 is 2.11 bits per heavy atom. The van der Waals surface area contributed by atoms with Crippen LogP contribution in [0.1, 0.15) is 47.0 Å². The fraction of sp³-hybridized carbons (Fsp3) is 1.00. The lowest BCUT2D eigenvalue weighted by molar-refractivity contribution is -0.00855. The first kappa shape index (κ1) is 17.3. The van der Waals surface area contributed by atoms with E-state index >= 15 is 0 Å². The summed E-state index contributed by atoms with van der Waals surface area (Å²) in [6.07, 6.45) is 3.49. The van der Waals surface area contributed by atoms with Crippen LogP contribution in [0.4, 0.5) is 0 Å². The molecule has 3 atom stereocenters. The fourth-order valence-electron chi connectivity index (χ4n) is 2.55. The molecule has 19 heavy (non-hydrogen) atoms. The van der Waals surface area contributed by atoms with E-state index in [1.807, 2.05) is 11.8 Å². The minimum atomic E-state index is -0.399. The van der Waals surface area contributed by atoms with Gasteiger partial charge in [-0.25, -0.2) is 0 Å². The number of ether oxygens (including phenoxy) is 1. The molecule has 0 aromatic carbocycles. The Morgan fingerprint density at radius 1 is 1.37 bits per heavy atom. The zero-order chi connectivity index (χ0) is 14.3. The van der Waals surface area contributed by atoms with Crippen LogP contribution < -0.4 is 5.32 Å². The average Bonchev–Trinajstić information content (AvgIpc) is 2.73. The standard InChI is InChI=1S/C15H31NO2S/c1-12(2)8-13(3)18-10-14(17)9-16-11-15(4)6-5-7-19-15/h12-14,16-17H,5-11H2,1-4H3. The number of nitrogens with one attached hydrogen (secondary N) is 1. The van der Waals surface area contributed by atoms with Gasteiger partial charge in [0.15, 0.2) is 0 Å². The first-order chi connectivity index (χ1) is 8.91. The third-order valence-corrected chi connectivity index (χ3v) is 5.09. The van der Waals surface area contributed by atoms with Crippen LogP contribution in [0.15, 0.2) is 0 Å². The Balaban J connectivity index is 2.06. The van der Waals surface area contributed by atoms with Gasteiger partial charge in [0.1, 0.15) is 0 Å². The number of aliphatic hydroxyl groups excluding tert-OH is 1. The highest BCUT2D eigenvalue weighted by Crippen LogP contribution is 2.36. The summed E-state index contributed by atoms with van der Waals surface area (Å²) in [4.78, 5) is 0. The number of aliphatic hydroxyl groups is 1. The third kappa shape index (κ3) is 7.54. The Kier molecular flexibility index (Phi) is 7.73. The van der Waals surface area contributed by atoms with Crippen molar-refractivity contribution in [3.8, 4) is 0 Å². The average molecular weight is 289 g/mol. The third-order valence-electron chi connectivity index (χ3n) is 3.56. The van der Waals surface area contributed by atoms with Crippen LogP contribution in [0, 0.1) is 5.92 Å². The number of hydrogen-bond donors (Lipinski definition) is 2. The Labute approximate surface area is 122 Å². The predicted octanol–water partition coefficient (Wildman–Crippen LogP) is 2.67. The van der Waals surface area contributed by atoms with E-state index in [-0.39, 0.29) is 6.10 Å². The first-order valence-electron chi connectivity index (χ1n) is 7.55. The SMILES string of the molecule is CC(C)CC(C)OCC(O)CNCC1(C)CCCS1. The van der Waals surface area contributed by atoms with Crippen molar-refractivity contribution in [2.24, 2.45) is 5.92 Å². The van der Waals surface area contributed by atoms with Gasteiger partial charge in [-0.3, -0.25) is 0 Å². The summed E-state index contributed by atoms with van der Waals surface area (Å²) < 4.78 is 6.03. The molecule has 1 saturated heterocycles. The van der Waals surface area contributed by atoms with Crippen LogP contribution >= 0.6 is 11.8 Å². The van der Waals surface area contributed by atoms with Gasteiger partial charge in [-0.2, -0.15) is 11.8 Å². The first-order valence-corrected chi connectivity index (χ1v) is 8.54. The Hall–Kier alpha value is 0.230. The second-order valence-corrected chi connectivity index (χ2v) is 8.14. The number of rotatable bonds is 9. The molecule has 0 bridgehead atoms. The molecule has 0 aliphatic carbocycles. The van der Waals surface area contributed by atoms with Crippen molar-refractivity contribution in [3.63, 3.8) is 0 Å². The van der Waals surface area contributed by atoms with Crippen LogP contribution in [0.25, 0.3) is 0 Å². The molecule has 0 spiro atoms. The second kappa shape index (κ2) is 8.50. The molecule has 0 saturated carbocycles. The maximum atomic E-state index is 9.90. The van der Waals surface area contributed by atoms with Crippen LogP contribution in [0.5, 0.6) is 0 Å². The molecule has 4 heteroatoms. The molecule has 1 fully saturated rings. The van der Waals surface area contributed by atoms with Crippen molar-refractivity contribution in [2.45, 2.75) is 63.9 Å². The highest BCUT2D eigenvalue weighted by atomic mass is 32.2. The zero-order valence-electron chi connectivity index (χ0n) is 12.9. The Bertz CT molecular complexity index is 242. The molecule has 1 aliphatic heterocycles. The topological polar surface area (TPSA) is 41.5 Å². The molecular formula is C15H31NO2S. The molecule has 1 heterocycles. The molecule has 0 radical (unpaired) electrons. The summed E-state index contributed by atoms with van der Waals surface area (Å²) in [6.45, 7) is 10.8. The van der Waals surface area contributed by atoms with E-state index in [2.05, 4.69) is 33.0 Å². The molecule has 1 aliphatic rings. The minimum Gasteiger partial charge on any atom is -0.389 e.